The zero-order chi connectivity index (χ0) is 23.9. The summed E-state index contributed by atoms with van der Waals surface area (Å²) in [7, 11) is 2.03. The van der Waals surface area contributed by atoms with Crippen LogP contribution in [0.5, 0.6) is 0 Å². The molecule has 0 amide bonds. The molecule has 3 aromatic rings. The zero-order valence-electron chi connectivity index (χ0n) is 19.0. The maximum atomic E-state index is 12.9. The summed E-state index contributed by atoms with van der Waals surface area (Å²) >= 11 is 7.76. The Bertz CT molecular complexity index is 1140. The summed E-state index contributed by atoms with van der Waals surface area (Å²) in [6, 6.07) is 13.6. The van der Waals surface area contributed by atoms with Crippen molar-refractivity contribution in [2.24, 2.45) is 13.0 Å². The lowest BCUT2D eigenvalue weighted by Crippen LogP contribution is -2.39. The number of nitrogens with zero attached hydrogens (tertiary/aromatic N) is 3. The first-order valence-corrected chi connectivity index (χ1v) is 12.9. The van der Waals surface area contributed by atoms with Gasteiger partial charge in [0.05, 0.1) is 17.5 Å². The number of likely N-dealkylation sites (tertiary alicyclic amines) is 1. The second kappa shape index (κ2) is 9.25. The van der Waals surface area contributed by atoms with Crippen LogP contribution in [0.2, 0.25) is 5.02 Å². The fraction of sp³-hybridized carbons (Fsp3) is 0.423. The SMILES string of the molecule is Cn1c(-c2ccc(Cl)cc2)cnc1SCCCN1CCC2C[C@]2(c2ccc(C(F)(F)F)cc2)C1. The fourth-order valence-corrected chi connectivity index (χ4v) is 6.26. The molecule has 1 saturated heterocycles. The molecule has 8 heteroatoms. The second-order valence-corrected chi connectivity index (χ2v) is 10.9. The molecule has 2 aromatic carbocycles. The van der Waals surface area contributed by atoms with Crippen molar-refractivity contribution in [3.05, 3.63) is 70.9 Å². The number of fused-ring (bicyclic) bond motifs is 1. The van der Waals surface area contributed by atoms with E-state index in [0.29, 0.717) is 5.92 Å². The molecule has 34 heavy (non-hydrogen) atoms. The van der Waals surface area contributed by atoms with Gasteiger partial charge in [0, 0.05) is 29.8 Å². The molecular formula is C26H27ClF3N3S. The molecular weight excluding hydrogens is 479 g/mol. The van der Waals surface area contributed by atoms with E-state index in [1.165, 1.54) is 12.1 Å². The average molecular weight is 506 g/mol. The Kier molecular flexibility index (Phi) is 6.46. The monoisotopic (exact) mass is 505 g/mol. The Labute approximate surface area is 207 Å². The molecule has 0 radical (unpaired) electrons. The summed E-state index contributed by atoms with van der Waals surface area (Å²) in [5.41, 5.74) is 2.69. The normalized spacial score (nSPS) is 22.6. The van der Waals surface area contributed by atoms with Gasteiger partial charge in [-0.1, -0.05) is 47.6 Å². The van der Waals surface area contributed by atoms with E-state index in [-0.39, 0.29) is 5.41 Å². The Morgan fingerprint density at radius 1 is 1.12 bits per heavy atom. The first-order valence-electron chi connectivity index (χ1n) is 11.6. The summed E-state index contributed by atoms with van der Waals surface area (Å²) in [6.07, 6.45) is 0.874. The van der Waals surface area contributed by atoms with Gasteiger partial charge in [-0.15, -0.1) is 0 Å². The van der Waals surface area contributed by atoms with E-state index in [4.69, 9.17) is 11.6 Å². The summed E-state index contributed by atoms with van der Waals surface area (Å²) in [4.78, 5) is 7.08. The maximum Gasteiger partial charge on any atom is 0.416 e. The number of rotatable bonds is 7. The van der Waals surface area contributed by atoms with Crippen LogP contribution in [0, 0.1) is 5.92 Å². The maximum absolute atomic E-state index is 12.9. The van der Waals surface area contributed by atoms with E-state index in [1.54, 1.807) is 23.9 Å². The van der Waals surface area contributed by atoms with Gasteiger partial charge in [-0.25, -0.2) is 4.98 Å². The van der Waals surface area contributed by atoms with Crippen LogP contribution in [0.3, 0.4) is 0 Å². The molecule has 0 bridgehead atoms. The quantitative estimate of drug-likeness (QED) is 0.257. The van der Waals surface area contributed by atoms with Gasteiger partial charge in [0.2, 0.25) is 0 Å². The van der Waals surface area contributed by atoms with Gasteiger partial charge in [-0.05, 0) is 73.7 Å². The van der Waals surface area contributed by atoms with Gasteiger partial charge in [-0.3, -0.25) is 0 Å². The fourth-order valence-electron chi connectivity index (χ4n) is 5.26. The molecule has 1 aromatic heterocycles. The number of thioether (sulfide) groups is 1. The van der Waals surface area contributed by atoms with E-state index in [9.17, 15) is 13.2 Å². The van der Waals surface area contributed by atoms with Crippen molar-refractivity contribution in [1.82, 2.24) is 14.5 Å². The third-order valence-electron chi connectivity index (χ3n) is 7.25. The second-order valence-electron chi connectivity index (χ2n) is 9.39. The van der Waals surface area contributed by atoms with Gasteiger partial charge >= 0.3 is 6.18 Å². The minimum atomic E-state index is -4.28. The minimum absolute atomic E-state index is 0.0443. The number of imidazole rings is 1. The number of alkyl halides is 3. The lowest BCUT2D eigenvalue weighted by molar-refractivity contribution is -0.137. The molecule has 2 aliphatic rings. The molecule has 2 fully saturated rings. The highest BCUT2D eigenvalue weighted by Gasteiger charge is 2.57. The summed E-state index contributed by atoms with van der Waals surface area (Å²) in [6.45, 7) is 3.01. The third-order valence-corrected chi connectivity index (χ3v) is 8.64. The molecule has 1 aliphatic carbocycles. The van der Waals surface area contributed by atoms with Crippen molar-refractivity contribution in [2.75, 3.05) is 25.4 Å². The van der Waals surface area contributed by atoms with Crippen LogP contribution in [0.25, 0.3) is 11.3 Å². The van der Waals surface area contributed by atoms with Gasteiger partial charge in [0.25, 0.3) is 0 Å². The molecule has 0 N–H and O–H groups in total. The largest absolute Gasteiger partial charge is 0.416 e. The molecule has 0 spiro atoms. The number of piperidine rings is 1. The predicted molar refractivity (Wildman–Crippen MR) is 131 cm³/mol. The molecule has 5 rings (SSSR count). The smallest absolute Gasteiger partial charge is 0.322 e. The van der Waals surface area contributed by atoms with Gasteiger partial charge in [0.1, 0.15) is 0 Å². The number of hydrogen-bond acceptors (Lipinski definition) is 3. The van der Waals surface area contributed by atoms with Crippen molar-refractivity contribution >= 4 is 23.4 Å². The van der Waals surface area contributed by atoms with E-state index in [1.807, 2.05) is 37.5 Å². The molecule has 2 heterocycles. The summed E-state index contributed by atoms with van der Waals surface area (Å²) in [5, 5.41) is 1.71. The van der Waals surface area contributed by atoms with Crippen molar-refractivity contribution in [3.8, 4) is 11.3 Å². The van der Waals surface area contributed by atoms with Gasteiger partial charge < -0.3 is 9.47 Å². The van der Waals surface area contributed by atoms with Gasteiger partial charge in [-0.2, -0.15) is 13.2 Å². The Balaban J connectivity index is 1.14. The number of aromatic nitrogens is 2. The van der Waals surface area contributed by atoms with E-state index < -0.39 is 11.7 Å². The highest BCUT2D eigenvalue weighted by molar-refractivity contribution is 7.99. The number of hydrogen-bond donors (Lipinski definition) is 0. The Hall–Kier alpha value is -1.96. The number of halogens is 4. The highest BCUT2D eigenvalue weighted by Crippen LogP contribution is 2.58. The lowest BCUT2D eigenvalue weighted by atomic mass is 9.88. The zero-order valence-corrected chi connectivity index (χ0v) is 20.6. The molecule has 1 aliphatic heterocycles. The topological polar surface area (TPSA) is 21.1 Å². The van der Waals surface area contributed by atoms with Crippen molar-refractivity contribution < 1.29 is 13.2 Å². The first-order chi connectivity index (χ1) is 16.3. The van der Waals surface area contributed by atoms with E-state index >= 15 is 0 Å². The van der Waals surface area contributed by atoms with E-state index in [0.717, 1.165) is 71.6 Å². The molecule has 1 unspecified atom stereocenters. The van der Waals surface area contributed by atoms with Crippen LogP contribution < -0.4 is 0 Å². The minimum Gasteiger partial charge on any atom is -0.322 e. The molecule has 3 nitrogen and oxygen atoms in total. The van der Waals surface area contributed by atoms with Crippen LogP contribution in [-0.2, 0) is 18.6 Å². The Morgan fingerprint density at radius 2 is 1.85 bits per heavy atom. The van der Waals surface area contributed by atoms with Gasteiger partial charge in [0.15, 0.2) is 5.16 Å². The van der Waals surface area contributed by atoms with Crippen LogP contribution in [0.4, 0.5) is 13.2 Å². The van der Waals surface area contributed by atoms with Crippen LogP contribution in [-0.4, -0.2) is 39.8 Å². The van der Waals surface area contributed by atoms with Crippen LogP contribution in [0.1, 0.15) is 30.4 Å². The van der Waals surface area contributed by atoms with Crippen molar-refractivity contribution in [2.45, 2.75) is 36.0 Å². The van der Waals surface area contributed by atoms with Crippen LogP contribution >= 0.6 is 23.4 Å². The predicted octanol–water partition coefficient (Wildman–Crippen LogP) is 6.91. The first kappa shape index (κ1) is 23.8. The molecule has 2 atom stereocenters. The Morgan fingerprint density at radius 3 is 2.56 bits per heavy atom. The standard InChI is InChI=1S/C26H27ClF3N3S/c1-32-23(18-3-9-22(27)10-4-18)16-31-24(32)34-14-2-12-33-13-11-21-15-25(21,17-33)19-5-7-20(8-6-19)26(28,29)30/h3-10,16,21H,2,11-15,17H2,1H3/t21?,25-/m1/s1. The third kappa shape index (κ3) is 4.75. The van der Waals surface area contributed by atoms with E-state index in [2.05, 4.69) is 14.5 Å². The average Bonchev–Trinajstić information content (AvgIpc) is 3.45. The molecule has 180 valence electrons. The van der Waals surface area contributed by atoms with Crippen molar-refractivity contribution in [1.29, 1.82) is 0 Å². The molecule has 1 saturated carbocycles. The number of benzene rings is 2. The lowest BCUT2D eigenvalue weighted by Gasteiger charge is -2.33. The van der Waals surface area contributed by atoms with Crippen LogP contribution in [0.15, 0.2) is 59.9 Å². The summed E-state index contributed by atoms with van der Waals surface area (Å²) < 4.78 is 40.9. The highest BCUT2D eigenvalue weighted by atomic mass is 35.5. The summed E-state index contributed by atoms with van der Waals surface area (Å²) in [5.74, 6) is 1.58. The van der Waals surface area contributed by atoms with Crippen molar-refractivity contribution in [3.63, 3.8) is 0 Å².